The lowest BCUT2D eigenvalue weighted by Crippen LogP contribution is -2.61. The first-order valence-electron chi connectivity index (χ1n) is 8.34. The molecule has 0 radical (unpaired) electrons. The maximum atomic E-state index is 9.97. The predicted molar refractivity (Wildman–Crippen MR) is 83.0 cm³/mol. The van der Waals surface area contributed by atoms with E-state index in [-0.39, 0.29) is 5.41 Å². The Balaban J connectivity index is 1.68. The number of imidazole rings is 1. The van der Waals surface area contributed by atoms with Crippen molar-refractivity contribution in [1.82, 2.24) is 19.8 Å². The zero-order chi connectivity index (χ0) is 14.7. The first-order valence-corrected chi connectivity index (χ1v) is 8.34. The van der Waals surface area contributed by atoms with Gasteiger partial charge >= 0.3 is 0 Å². The molecule has 5 nitrogen and oxygen atoms in total. The largest absolute Gasteiger partial charge is 0.396 e. The molecule has 0 amide bonds. The van der Waals surface area contributed by atoms with E-state index in [9.17, 15) is 5.11 Å². The van der Waals surface area contributed by atoms with Gasteiger partial charge in [0.2, 0.25) is 0 Å². The lowest BCUT2D eigenvalue weighted by molar-refractivity contribution is -0.0232. The molecular formula is C16H28N4O. The minimum absolute atomic E-state index is 0.0542. The second-order valence-electron chi connectivity index (χ2n) is 6.67. The van der Waals surface area contributed by atoms with Gasteiger partial charge in [0, 0.05) is 43.5 Å². The summed E-state index contributed by atoms with van der Waals surface area (Å²) in [5.74, 6) is 1.16. The fourth-order valence-corrected chi connectivity index (χ4v) is 4.05. The van der Waals surface area contributed by atoms with Gasteiger partial charge in [-0.15, -0.1) is 0 Å². The van der Waals surface area contributed by atoms with Crippen molar-refractivity contribution in [2.75, 3.05) is 26.2 Å². The van der Waals surface area contributed by atoms with Crippen LogP contribution in [0.1, 0.15) is 38.4 Å². The zero-order valence-corrected chi connectivity index (χ0v) is 13.1. The summed E-state index contributed by atoms with van der Waals surface area (Å²) in [7, 11) is 0. The first-order chi connectivity index (χ1) is 10.3. The second-order valence-corrected chi connectivity index (χ2v) is 6.67. The number of hydrogen-bond acceptors (Lipinski definition) is 4. The average Bonchev–Trinajstić information content (AvgIpc) is 2.94. The zero-order valence-electron chi connectivity index (χ0n) is 13.1. The Labute approximate surface area is 127 Å². The Hall–Kier alpha value is -0.910. The van der Waals surface area contributed by atoms with Crippen LogP contribution in [0, 0.1) is 5.41 Å². The van der Waals surface area contributed by atoms with E-state index in [1.54, 1.807) is 0 Å². The Morgan fingerprint density at radius 3 is 3.24 bits per heavy atom. The third kappa shape index (κ3) is 3.00. The standard InChI is InChI=1S/C16H28N4O/c1-2-8-20-10-7-18-15(20)11-19-9-4-14-16(12-19,13-21)5-3-6-17-14/h7,10,14,17,21H,2-6,8-9,11-13H2,1H3/t14-,16-/m1/s1. The molecule has 0 bridgehead atoms. The number of aliphatic hydroxyl groups is 1. The molecule has 2 aliphatic rings. The molecule has 2 aliphatic heterocycles. The van der Waals surface area contributed by atoms with Crippen LogP contribution in [0.25, 0.3) is 0 Å². The van der Waals surface area contributed by atoms with E-state index in [0.29, 0.717) is 12.6 Å². The first kappa shape index (κ1) is 15.0. The van der Waals surface area contributed by atoms with Gasteiger partial charge in [0.25, 0.3) is 0 Å². The Morgan fingerprint density at radius 1 is 1.52 bits per heavy atom. The average molecular weight is 292 g/mol. The molecule has 3 heterocycles. The summed E-state index contributed by atoms with van der Waals surface area (Å²) in [6.07, 6.45) is 8.57. The van der Waals surface area contributed by atoms with Crippen LogP contribution in [0.5, 0.6) is 0 Å². The molecule has 1 aromatic rings. The van der Waals surface area contributed by atoms with Crippen molar-refractivity contribution in [1.29, 1.82) is 0 Å². The monoisotopic (exact) mass is 292 g/mol. The summed E-state index contributed by atoms with van der Waals surface area (Å²) >= 11 is 0. The highest BCUT2D eigenvalue weighted by atomic mass is 16.3. The van der Waals surface area contributed by atoms with Gasteiger partial charge in [0.05, 0.1) is 13.2 Å². The number of aryl methyl sites for hydroxylation is 1. The number of piperidine rings is 2. The maximum absolute atomic E-state index is 9.97. The van der Waals surface area contributed by atoms with Gasteiger partial charge in [-0.3, -0.25) is 4.90 Å². The van der Waals surface area contributed by atoms with Crippen molar-refractivity contribution in [2.24, 2.45) is 5.41 Å². The van der Waals surface area contributed by atoms with Gasteiger partial charge in [0.1, 0.15) is 5.82 Å². The molecule has 2 saturated heterocycles. The third-order valence-corrected chi connectivity index (χ3v) is 5.20. The lowest BCUT2D eigenvalue weighted by atomic mass is 9.71. The summed E-state index contributed by atoms with van der Waals surface area (Å²) in [5, 5.41) is 13.6. The van der Waals surface area contributed by atoms with E-state index in [1.807, 2.05) is 6.20 Å². The molecule has 2 atom stereocenters. The molecule has 2 N–H and O–H groups in total. The van der Waals surface area contributed by atoms with Crippen LogP contribution in [0.3, 0.4) is 0 Å². The van der Waals surface area contributed by atoms with Crippen LogP contribution < -0.4 is 5.32 Å². The van der Waals surface area contributed by atoms with Gasteiger partial charge < -0.3 is 15.0 Å². The van der Waals surface area contributed by atoms with Gasteiger partial charge in [-0.1, -0.05) is 6.92 Å². The number of nitrogens with zero attached hydrogens (tertiary/aromatic N) is 3. The Bertz CT molecular complexity index is 461. The summed E-state index contributed by atoms with van der Waals surface area (Å²) in [6.45, 7) is 7.63. The SMILES string of the molecule is CCCn1ccnc1CN1CC[C@H]2NCCC[C@]2(CO)C1. The minimum atomic E-state index is 0.0542. The molecule has 0 unspecified atom stereocenters. The van der Waals surface area contributed by atoms with E-state index in [1.165, 1.54) is 6.42 Å². The van der Waals surface area contributed by atoms with Crippen molar-refractivity contribution in [3.8, 4) is 0 Å². The molecular weight excluding hydrogens is 264 g/mol. The lowest BCUT2D eigenvalue weighted by Gasteiger charge is -2.50. The summed E-state index contributed by atoms with van der Waals surface area (Å²) in [4.78, 5) is 7.01. The van der Waals surface area contributed by atoms with Crippen LogP contribution in [0.2, 0.25) is 0 Å². The topological polar surface area (TPSA) is 53.3 Å². The second kappa shape index (κ2) is 6.46. The predicted octanol–water partition coefficient (Wildman–Crippen LogP) is 1.23. The summed E-state index contributed by atoms with van der Waals surface area (Å²) in [6, 6.07) is 0.489. The Kier molecular flexibility index (Phi) is 4.62. The number of nitrogens with one attached hydrogen (secondary N) is 1. The quantitative estimate of drug-likeness (QED) is 0.857. The maximum Gasteiger partial charge on any atom is 0.122 e. The molecule has 5 heteroatoms. The highest BCUT2D eigenvalue weighted by Gasteiger charge is 2.44. The summed E-state index contributed by atoms with van der Waals surface area (Å²) in [5.41, 5.74) is 0.0542. The minimum Gasteiger partial charge on any atom is -0.396 e. The van der Waals surface area contributed by atoms with Crippen LogP contribution in [0.4, 0.5) is 0 Å². The highest BCUT2D eigenvalue weighted by molar-refractivity contribution is 5.01. The molecule has 0 spiro atoms. The van der Waals surface area contributed by atoms with Gasteiger partial charge in [0.15, 0.2) is 0 Å². The van der Waals surface area contributed by atoms with Crippen molar-refractivity contribution < 1.29 is 5.11 Å². The molecule has 21 heavy (non-hydrogen) atoms. The van der Waals surface area contributed by atoms with Crippen LogP contribution in [0.15, 0.2) is 12.4 Å². The van der Waals surface area contributed by atoms with E-state index in [4.69, 9.17) is 0 Å². The van der Waals surface area contributed by atoms with E-state index < -0.39 is 0 Å². The van der Waals surface area contributed by atoms with Crippen LogP contribution >= 0.6 is 0 Å². The van der Waals surface area contributed by atoms with Crippen molar-refractivity contribution >= 4 is 0 Å². The smallest absolute Gasteiger partial charge is 0.122 e. The molecule has 118 valence electrons. The van der Waals surface area contributed by atoms with Gasteiger partial charge in [-0.05, 0) is 32.2 Å². The normalized spacial score (nSPS) is 30.3. The third-order valence-electron chi connectivity index (χ3n) is 5.20. The molecule has 1 aromatic heterocycles. The molecule has 2 fully saturated rings. The molecule has 0 aromatic carbocycles. The van der Waals surface area contributed by atoms with Crippen molar-refractivity contribution in [2.45, 2.75) is 51.7 Å². The number of fused-ring (bicyclic) bond motifs is 1. The molecule has 0 saturated carbocycles. The number of aliphatic hydroxyl groups excluding tert-OH is 1. The van der Waals surface area contributed by atoms with Crippen molar-refractivity contribution in [3.63, 3.8) is 0 Å². The fraction of sp³-hybridized carbons (Fsp3) is 0.812. The van der Waals surface area contributed by atoms with Crippen LogP contribution in [-0.2, 0) is 13.1 Å². The number of likely N-dealkylation sites (tertiary alicyclic amines) is 1. The van der Waals surface area contributed by atoms with Crippen molar-refractivity contribution in [3.05, 3.63) is 18.2 Å². The number of rotatable bonds is 5. The number of aromatic nitrogens is 2. The highest BCUT2D eigenvalue weighted by Crippen LogP contribution is 2.37. The van der Waals surface area contributed by atoms with Crippen LogP contribution in [-0.4, -0.2) is 51.8 Å². The fourth-order valence-electron chi connectivity index (χ4n) is 4.05. The van der Waals surface area contributed by atoms with E-state index in [2.05, 4.69) is 32.9 Å². The summed E-state index contributed by atoms with van der Waals surface area (Å²) < 4.78 is 2.26. The van der Waals surface area contributed by atoms with Gasteiger partial charge in [-0.25, -0.2) is 4.98 Å². The number of hydrogen-bond donors (Lipinski definition) is 2. The molecule has 3 rings (SSSR count). The Morgan fingerprint density at radius 2 is 2.43 bits per heavy atom. The van der Waals surface area contributed by atoms with Gasteiger partial charge in [-0.2, -0.15) is 0 Å². The van der Waals surface area contributed by atoms with E-state index >= 15 is 0 Å². The van der Waals surface area contributed by atoms with E-state index in [0.717, 1.165) is 57.8 Å². The molecule has 0 aliphatic carbocycles.